The van der Waals surface area contributed by atoms with Crippen LogP contribution in [0.3, 0.4) is 0 Å². The van der Waals surface area contributed by atoms with Gasteiger partial charge in [0, 0.05) is 12.3 Å². The fraction of sp³-hybridized carbons (Fsp3) is 0.500. The van der Waals surface area contributed by atoms with E-state index in [1.807, 2.05) is 0 Å². The average Bonchev–Trinajstić information content (AvgIpc) is 2.24. The Kier molecular flexibility index (Phi) is 5.63. The molecule has 0 spiro atoms. The van der Waals surface area contributed by atoms with Crippen molar-refractivity contribution in [2.45, 2.75) is 18.7 Å². The zero-order valence-electron chi connectivity index (χ0n) is 9.70. The maximum atomic E-state index is 13.3. The summed E-state index contributed by atoms with van der Waals surface area (Å²) in [7, 11) is -1.25. The molecule has 0 heterocycles. The van der Waals surface area contributed by atoms with Gasteiger partial charge in [-0.15, -0.1) is 0 Å². The van der Waals surface area contributed by atoms with Crippen LogP contribution in [-0.2, 0) is 10.8 Å². The maximum absolute atomic E-state index is 13.3. The van der Waals surface area contributed by atoms with E-state index in [9.17, 15) is 8.60 Å². The number of rotatable bonds is 6. The second-order valence-electron chi connectivity index (χ2n) is 4.08. The summed E-state index contributed by atoms with van der Waals surface area (Å²) in [4.78, 5) is 0.300. The summed E-state index contributed by atoms with van der Waals surface area (Å²) in [5.74, 6) is 0.639. The molecular weight excluding hydrogens is 225 g/mol. The fourth-order valence-electron chi connectivity index (χ4n) is 1.29. The van der Waals surface area contributed by atoms with Gasteiger partial charge in [0.05, 0.1) is 15.7 Å². The van der Waals surface area contributed by atoms with Crippen LogP contribution >= 0.6 is 0 Å². The molecule has 2 nitrogen and oxygen atoms in total. The topological polar surface area (TPSA) is 29.1 Å². The van der Waals surface area contributed by atoms with Crippen LogP contribution in [0.1, 0.15) is 13.8 Å². The lowest BCUT2D eigenvalue weighted by Crippen LogP contribution is -2.24. The smallest absolute Gasteiger partial charge is 0.139 e. The lowest BCUT2D eigenvalue weighted by atomic mass is 10.2. The quantitative estimate of drug-likeness (QED) is 0.776. The lowest BCUT2D eigenvalue weighted by molar-refractivity contribution is 0.565. The highest BCUT2D eigenvalue weighted by Crippen LogP contribution is 2.11. The van der Waals surface area contributed by atoms with Crippen LogP contribution in [0.4, 0.5) is 4.39 Å². The van der Waals surface area contributed by atoms with Crippen molar-refractivity contribution in [3.63, 3.8) is 0 Å². The van der Waals surface area contributed by atoms with Gasteiger partial charge in [-0.2, -0.15) is 0 Å². The largest absolute Gasteiger partial charge is 0.316 e. The van der Waals surface area contributed by atoms with Crippen molar-refractivity contribution in [1.29, 1.82) is 0 Å². The molecule has 16 heavy (non-hydrogen) atoms. The molecule has 0 fully saturated rings. The van der Waals surface area contributed by atoms with E-state index in [2.05, 4.69) is 19.2 Å². The summed E-state index contributed by atoms with van der Waals surface area (Å²) in [6.07, 6.45) is 0. The van der Waals surface area contributed by atoms with Gasteiger partial charge in [0.15, 0.2) is 0 Å². The Hall–Kier alpha value is -0.740. The zero-order valence-corrected chi connectivity index (χ0v) is 10.5. The van der Waals surface area contributed by atoms with Crippen LogP contribution in [0.2, 0.25) is 0 Å². The number of hydrogen-bond donors (Lipinski definition) is 1. The fourth-order valence-corrected chi connectivity index (χ4v) is 2.36. The molecule has 1 N–H and O–H groups in total. The molecule has 0 aliphatic rings. The molecule has 0 radical (unpaired) electrons. The van der Waals surface area contributed by atoms with Crippen molar-refractivity contribution in [1.82, 2.24) is 5.32 Å². The van der Waals surface area contributed by atoms with Crippen molar-refractivity contribution in [3.8, 4) is 0 Å². The van der Waals surface area contributed by atoms with Gasteiger partial charge in [0.25, 0.3) is 0 Å². The van der Waals surface area contributed by atoms with Crippen molar-refractivity contribution in [2.24, 2.45) is 5.92 Å². The van der Waals surface area contributed by atoms with Gasteiger partial charge >= 0.3 is 0 Å². The van der Waals surface area contributed by atoms with Crippen molar-refractivity contribution in [3.05, 3.63) is 30.1 Å². The van der Waals surface area contributed by atoms with Gasteiger partial charge in [-0.25, -0.2) is 4.39 Å². The first-order valence-corrected chi connectivity index (χ1v) is 6.76. The van der Waals surface area contributed by atoms with Gasteiger partial charge in [-0.05, 0) is 24.6 Å². The first-order valence-electron chi connectivity index (χ1n) is 5.45. The molecule has 1 unspecified atom stereocenters. The Morgan fingerprint density at radius 2 is 2.06 bits per heavy atom. The predicted octanol–water partition coefficient (Wildman–Crippen LogP) is 2.18. The van der Waals surface area contributed by atoms with Crippen LogP contribution in [0.15, 0.2) is 29.2 Å². The van der Waals surface area contributed by atoms with Gasteiger partial charge in [0.2, 0.25) is 0 Å². The Bertz CT molecular complexity index is 355. The second-order valence-corrected chi connectivity index (χ2v) is 5.62. The summed E-state index contributed by atoms with van der Waals surface area (Å²) in [5.41, 5.74) is 0. The van der Waals surface area contributed by atoms with Crippen LogP contribution in [0.25, 0.3) is 0 Å². The number of nitrogens with one attached hydrogen (secondary N) is 1. The number of benzene rings is 1. The Morgan fingerprint density at radius 3 is 2.69 bits per heavy atom. The van der Waals surface area contributed by atoms with E-state index < -0.39 is 10.8 Å². The molecule has 0 bridgehead atoms. The molecule has 0 saturated carbocycles. The van der Waals surface area contributed by atoms with Gasteiger partial charge in [0.1, 0.15) is 5.82 Å². The molecule has 1 rings (SSSR count). The van der Waals surface area contributed by atoms with E-state index in [0.29, 0.717) is 23.1 Å². The Morgan fingerprint density at radius 1 is 1.38 bits per heavy atom. The Labute approximate surface area is 98.7 Å². The molecule has 0 amide bonds. The maximum Gasteiger partial charge on any atom is 0.139 e. The molecule has 0 aliphatic carbocycles. The summed E-state index contributed by atoms with van der Waals surface area (Å²) in [5, 5.41) is 3.19. The highest BCUT2D eigenvalue weighted by atomic mass is 32.2. The van der Waals surface area contributed by atoms with Gasteiger partial charge in [-0.3, -0.25) is 4.21 Å². The van der Waals surface area contributed by atoms with E-state index >= 15 is 0 Å². The van der Waals surface area contributed by atoms with Crippen LogP contribution in [0.5, 0.6) is 0 Å². The summed E-state index contributed by atoms with van der Waals surface area (Å²) in [6, 6.07) is 6.23. The van der Waals surface area contributed by atoms with E-state index in [4.69, 9.17) is 0 Å². The highest BCUT2D eigenvalue weighted by molar-refractivity contribution is 7.85. The Balaban J connectivity index is 2.39. The normalized spacial score (nSPS) is 13.0. The van der Waals surface area contributed by atoms with Gasteiger partial charge in [-0.1, -0.05) is 26.0 Å². The van der Waals surface area contributed by atoms with E-state index in [1.165, 1.54) is 6.07 Å². The monoisotopic (exact) mass is 243 g/mol. The van der Waals surface area contributed by atoms with Crippen molar-refractivity contribution >= 4 is 10.8 Å². The number of halogens is 1. The minimum absolute atomic E-state index is 0.300. The van der Waals surface area contributed by atoms with Crippen LogP contribution in [-0.4, -0.2) is 23.1 Å². The molecule has 1 atom stereocenters. The van der Waals surface area contributed by atoms with Crippen LogP contribution < -0.4 is 5.32 Å². The zero-order chi connectivity index (χ0) is 12.0. The summed E-state index contributed by atoms with van der Waals surface area (Å²) >= 11 is 0. The molecule has 90 valence electrons. The van der Waals surface area contributed by atoms with E-state index in [-0.39, 0.29) is 5.82 Å². The molecule has 0 aliphatic heterocycles. The van der Waals surface area contributed by atoms with Gasteiger partial charge < -0.3 is 5.32 Å². The molecule has 0 saturated heterocycles. The number of hydrogen-bond acceptors (Lipinski definition) is 2. The molecular formula is C12H18FNOS. The minimum atomic E-state index is -1.25. The molecule has 0 aromatic heterocycles. The minimum Gasteiger partial charge on any atom is -0.316 e. The average molecular weight is 243 g/mol. The van der Waals surface area contributed by atoms with Crippen molar-refractivity contribution in [2.75, 3.05) is 18.8 Å². The summed E-state index contributed by atoms with van der Waals surface area (Å²) in [6.45, 7) is 5.77. The second kappa shape index (κ2) is 6.76. The highest BCUT2D eigenvalue weighted by Gasteiger charge is 2.08. The summed E-state index contributed by atoms with van der Waals surface area (Å²) < 4.78 is 25.0. The van der Waals surface area contributed by atoms with Crippen molar-refractivity contribution < 1.29 is 8.60 Å². The first-order chi connectivity index (χ1) is 7.61. The van der Waals surface area contributed by atoms with E-state index in [0.717, 1.165) is 6.54 Å². The van der Waals surface area contributed by atoms with Crippen LogP contribution in [0, 0.1) is 11.7 Å². The molecule has 1 aromatic carbocycles. The SMILES string of the molecule is CC(C)CNCCS(=O)c1ccccc1F. The molecule has 4 heteroatoms. The molecule has 1 aromatic rings. The predicted molar refractivity (Wildman–Crippen MR) is 65.4 cm³/mol. The standard InChI is InChI=1S/C12H18FNOS/c1-10(2)9-14-7-8-16(15)12-6-4-3-5-11(12)13/h3-6,10,14H,7-9H2,1-2H3. The first kappa shape index (κ1) is 13.3. The lowest BCUT2D eigenvalue weighted by Gasteiger charge is -2.07. The third kappa shape index (κ3) is 4.41. The third-order valence-corrected chi connectivity index (χ3v) is 3.50. The third-order valence-electron chi connectivity index (χ3n) is 2.10. The van der Waals surface area contributed by atoms with E-state index in [1.54, 1.807) is 18.2 Å².